The summed E-state index contributed by atoms with van der Waals surface area (Å²) in [4.78, 5) is 0. The highest BCUT2D eigenvalue weighted by Gasteiger charge is 2.20. The van der Waals surface area contributed by atoms with Crippen molar-refractivity contribution in [1.29, 1.82) is 0 Å². The van der Waals surface area contributed by atoms with Crippen molar-refractivity contribution in [2.24, 2.45) is 0 Å². The summed E-state index contributed by atoms with van der Waals surface area (Å²) in [6, 6.07) is 85.8. The number of rotatable bonds is 4. The van der Waals surface area contributed by atoms with Crippen LogP contribution in [0.4, 0.5) is 0 Å². The minimum atomic E-state index is 1.23. The molecule has 0 N–H and O–H groups in total. The summed E-state index contributed by atoms with van der Waals surface area (Å²) in [6.07, 6.45) is 0. The molecule has 0 unspecified atom stereocenters. The van der Waals surface area contributed by atoms with Crippen molar-refractivity contribution in [3.8, 4) is 44.5 Å². The van der Waals surface area contributed by atoms with Crippen molar-refractivity contribution in [2.45, 2.75) is 0 Å². The van der Waals surface area contributed by atoms with Crippen LogP contribution in [-0.2, 0) is 0 Å². The maximum Gasteiger partial charge on any atom is -0.00261 e. The van der Waals surface area contributed by atoms with Crippen LogP contribution in [0.2, 0.25) is 0 Å². The van der Waals surface area contributed by atoms with Gasteiger partial charge in [0.25, 0.3) is 0 Å². The lowest BCUT2D eigenvalue weighted by Gasteiger charge is -2.19. The Bertz CT molecular complexity index is 3610. The van der Waals surface area contributed by atoms with Crippen LogP contribution in [0, 0.1) is 0 Å². The third-order valence-electron chi connectivity index (χ3n) is 13.4. The summed E-state index contributed by atoms with van der Waals surface area (Å²) in [7, 11) is 0. The van der Waals surface area contributed by atoms with Gasteiger partial charge in [-0.3, -0.25) is 0 Å². The van der Waals surface area contributed by atoms with E-state index in [1.165, 1.54) is 131 Å². The minimum absolute atomic E-state index is 1.23. The second-order valence-corrected chi connectivity index (χ2v) is 16.7. The van der Waals surface area contributed by atoms with E-state index in [0.717, 1.165) is 0 Å². The summed E-state index contributed by atoms with van der Waals surface area (Å²) < 4.78 is 0. The quantitative estimate of drug-likeness (QED) is 0.123. The normalized spacial score (nSPS) is 11.9. The molecule has 13 aromatic carbocycles. The molecule has 0 aliphatic rings. The van der Waals surface area contributed by atoms with Gasteiger partial charge in [-0.1, -0.05) is 206 Å². The molecule has 0 amide bonds. The Labute approximate surface area is 359 Å². The molecule has 0 aliphatic heterocycles. The first kappa shape index (κ1) is 34.8. The Kier molecular flexibility index (Phi) is 7.71. The molecule has 286 valence electrons. The van der Waals surface area contributed by atoms with Crippen LogP contribution in [0.15, 0.2) is 231 Å². The van der Waals surface area contributed by atoms with Gasteiger partial charge >= 0.3 is 0 Å². The van der Waals surface area contributed by atoms with Crippen LogP contribution >= 0.6 is 0 Å². The highest BCUT2D eigenvalue weighted by molar-refractivity contribution is 6.24. The number of benzene rings is 13. The first-order valence-electron chi connectivity index (χ1n) is 21.6. The average molecular weight is 783 g/mol. The van der Waals surface area contributed by atoms with E-state index in [1.54, 1.807) is 0 Å². The van der Waals surface area contributed by atoms with E-state index < -0.39 is 0 Å². The lowest BCUT2D eigenvalue weighted by molar-refractivity contribution is 1.68. The molecule has 62 heavy (non-hydrogen) atoms. The van der Waals surface area contributed by atoms with Gasteiger partial charge in [-0.2, -0.15) is 0 Å². The first-order valence-corrected chi connectivity index (χ1v) is 21.6. The van der Waals surface area contributed by atoms with Gasteiger partial charge < -0.3 is 0 Å². The summed E-state index contributed by atoms with van der Waals surface area (Å²) in [5.74, 6) is 0. The molecule has 0 heterocycles. The molecule has 13 rings (SSSR count). The molecule has 0 atom stereocenters. The summed E-state index contributed by atoms with van der Waals surface area (Å²) >= 11 is 0. The maximum atomic E-state index is 2.45. The van der Waals surface area contributed by atoms with E-state index in [1.807, 2.05) is 0 Å². The van der Waals surface area contributed by atoms with E-state index in [9.17, 15) is 0 Å². The zero-order valence-electron chi connectivity index (χ0n) is 33.9. The van der Waals surface area contributed by atoms with Crippen molar-refractivity contribution in [1.82, 2.24) is 0 Å². The Hall–Kier alpha value is -8.06. The van der Waals surface area contributed by atoms with E-state index in [2.05, 4.69) is 231 Å². The number of hydrogen-bond acceptors (Lipinski definition) is 0. The Morgan fingerprint density at radius 1 is 0.145 bits per heavy atom. The van der Waals surface area contributed by atoms with Gasteiger partial charge in [-0.25, -0.2) is 0 Å². The van der Waals surface area contributed by atoms with Gasteiger partial charge in [0, 0.05) is 0 Å². The fourth-order valence-corrected chi connectivity index (χ4v) is 10.6. The van der Waals surface area contributed by atoms with Gasteiger partial charge in [-0.05, 0) is 155 Å². The lowest BCUT2D eigenvalue weighted by Crippen LogP contribution is -1.92. The van der Waals surface area contributed by atoms with Gasteiger partial charge in [-0.15, -0.1) is 0 Å². The molecular weight excluding hydrogens is 745 g/mol. The lowest BCUT2D eigenvalue weighted by atomic mass is 9.84. The third kappa shape index (κ3) is 5.34. The van der Waals surface area contributed by atoms with Crippen LogP contribution in [0.3, 0.4) is 0 Å². The molecule has 0 aromatic heterocycles. The topological polar surface area (TPSA) is 0 Å². The summed E-state index contributed by atoms with van der Waals surface area (Å²) in [6.45, 7) is 0. The fraction of sp³-hybridized carbons (Fsp3) is 0. The molecule has 0 saturated heterocycles. The van der Waals surface area contributed by atoms with Gasteiger partial charge in [0.1, 0.15) is 0 Å². The standard InChI is InChI=1S/C62H38/c1-3-15-43-35-45(31-25-39(43)13-1)59-49-17-5-9-21-53(49)61(54-22-10-6-18-50(54)59)47-33-29-41-27-28-42-30-34-48(38-58(42)57(41)37-47)62-55-23-11-7-19-51(55)60(52-20-8-12-24-56(52)62)46-32-26-40-14-2-4-16-44(40)36-46/h1-38H. The van der Waals surface area contributed by atoms with Crippen LogP contribution in [0.25, 0.3) is 131 Å². The molecule has 0 spiro atoms. The maximum absolute atomic E-state index is 2.45. The van der Waals surface area contributed by atoms with Crippen molar-refractivity contribution in [2.75, 3.05) is 0 Å². The molecule has 0 nitrogen and oxygen atoms in total. The molecular formula is C62H38. The monoisotopic (exact) mass is 782 g/mol. The van der Waals surface area contributed by atoms with Crippen LogP contribution < -0.4 is 0 Å². The molecule has 0 radical (unpaired) electrons. The van der Waals surface area contributed by atoms with E-state index in [-0.39, 0.29) is 0 Å². The average Bonchev–Trinajstić information content (AvgIpc) is 3.34. The van der Waals surface area contributed by atoms with Gasteiger partial charge in [0.2, 0.25) is 0 Å². The van der Waals surface area contributed by atoms with Crippen molar-refractivity contribution in [3.63, 3.8) is 0 Å². The first-order chi connectivity index (χ1) is 30.7. The second-order valence-electron chi connectivity index (χ2n) is 16.7. The van der Waals surface area contributed by atoms with E-state index in [0.29, 0.717) is 0 Å². The molecule has 0 fully saturated rings. The van der Waals surface area contributed by atoms with Crippen LogP contribution in [0.5, 0.6) is 0 Å². The smallest absolute Gasteiger partial charge is 0.00261 e. The van der Waals surface area contributed by atoms with Crippen molar-refractivity contribution < 1.29 is 0 Å². The van der Waals surface area contributed by atoms with Gasteiger partial charge in [0.05, 0.1) is 0 Å². The van der Waals surface area contributed by atoms with Gasteiger partial charge in [0.15, 0.2) is 0 Å². The number of fused-ring (bicyclic) bond motifs is 9. The molecule has 0 bridgehead atoms. The van der Waals surface area contributed by atoms with Crippen LogP contribution in [0.1, 0.15) is 0 Å². The number of hydrogen-bond donors (Lipinski definition) is 0. The second kappa shape index (κ2) is 13.7. The predicted molar refractivity (Wildman–Crippen MR) is 268 cm³/mol. The Morgan fingerprint density at radius 2 is 0.371 bits per heavy atom. The zero-order chi connectivity index (χ0) is 40.7. The SMILES string of the molecule is c1ccc2cc(-c3c4ccccc4c(-c4ccc5ccc6ccc(-c7c8ccccc8c(-c8ccc9ccccc9c8)c8ccccc78)cc6c5c4)c4ccccc34)ccc2c1. The molecule has 0 heteroatoms. The van der Waals surface area contributed by atoms with E-state index in [4.69, 9.17) is 0 Å². The zero-order valence-corrected chi connectivity index (χ0v) is 33.9. The Balaban J connectivity index is 1.04. The van der Waals surface area contributed by atoms with Crippen molar-refractivity contribution in [3.05, 3.63) is 231 Å². The summed E-state index contributed by atoms with van der Waals surface area (Å²) in [5.41, 5.74) is 10.1. The predicted octanol–water partition coefficient (Wildman–Crippen LogP) is 17.6. The van der Waals surface area contributed by atoms with Crippen LogP contribution in [-0.4, -0.2) is 0 Å². The molecule has 13 aromatic rings. The Morgan fingerprint density at radius 3 is 0.677 bits per heavy atom. The molecule has 0 saturated carbocycles. The highest BCUT2D eigenvalue weighted by Crippen LogP contribution is 2.47. The van der Waals surface area contributed by atoms with E-state index >= 15 is 0 Å². The fourth-order valence-electron chi connectivity index (χ4n) is 10.6. The summed E-state index contributed by atoms with van der Waals surface area (Å²) in [5, 5.41) is 20.1. The highest BCUT2D eigenvalue weighted by atomic mass is 14.2. The minimum Gasteiger partial charge on any atom is -0.0616 e. The largest absolute Gasteiger partial charge is 0.0616 e. The molecule has 0 aliphatic carbocycles. The third-order valence-corrected chi connectivity index (χ3v) is 13.4. The van der Waals surface area contributed by atoms with Crippen molar-refractivity contribution >= 4 is 86.2 Å².